The van der Waals surface area contributed by atoms with Crippen LogP contribution < -0.4 is 10.6 Å². The Morgan fingerprint density at radius 2 is 1.88 bits per heavy atom. The van der Waals surface area contributed by atoms with Gasteiger partial charge in [-0.05, 0) is 33.5 Å². The zero-order chi connectivity index (χ0) is 13.3. The molecule has 4 N–H and O–H groups in total. The van der Waals surface area contributed by atoms with Crippen LogP contribution in [0.25, 0.3) is 0 Å². The first-order valence-electron chi connectivity index (χ1n) is 5.50. The monoisotopic (exact) mass is 247 g/mol. The largest absolute Gasteiger partial charge is 0.479 e. The van der Waals surface area contributed by atoms with Crippen molar-refractivity contribution in [1.82, 2.24) is 15.5 Å². The van der Waals surface area contributed by atoms with Gasteiger partial charge in [0, 0.05) is 6.54 Å². The lowest BCUT2D eigenvalue weighted by atomic mass is 10.3. The number of carbonyl (C=O) groups is 2. The van der Waals surface area contributed by atoms with E-state index in [1.165, 1.54) is 0 Å². The Balaban J connectivity index is 3.44. The Bertz CT molecular complexity index is 246. The van der Waals surface area contributed by atoms with Crippen LogP contribution in [0.3, 0.4) is 0 Å². The van der Waals surface area contributed by atoms with Gasteiger partial charge < -0.3 is 25.7 Å². The summed E-state index contributed by atoms with van der Waals surface area (Å²) in [5.74, 6) is -1.35. The summed E-state index contributed by atoms with van der Waals surface area (Å²) in [6.07, 6.45) is 0.271. The van der Waals surface area contributed by atoms with E-state index in [2.05, 4.69) is 15.5 Å². The zero-order valence-corrected chi connectivity index (χ0v) is 10.3. The van der Waals surface area contributed by atoms with Gasteiger partial charge >= 0.3 is 12.0 Å². The SMILES string of the molecule is CN(C)CCCCNC(=O)NC[C@H](O)C(=O)O. The second kappa shape index (κ2) is 8.77. The second-order valence-electron chi connectivity index (χ2n) is 4.00. The fraction of sp³-hybridized carbons (Fsp3) is 0.800. The summed E-state index contributed by atoms with van der Waals surface area (Å²) >= 11 is 0. The minimum absolute atomic E-state index is 0.293. The number of urea groups is 1. The van der Waals surface area contributed by atoms with Crippen molar-refractivity contribution in [3.8, 4) is 0 Å². The molecule has 0 aromatic carbocycles. The van der Waals surface area contributed by atoms with Crippen LogP contribution in [-0.2, 0) is 4.79 Å². The molecule has 0 radical (unpaired) electrons. The molecular formula is C10H21N3O4. The lowest BCUT2D eigenvalue weighted by molar-refractivity contribution is -0.146. The number of rotatable bonds is 8. The number of carboxylic acids is 1. The maximum Gasteiger partial charge on any atom is 0.334 e. The maximum atomic E-state index is 11.1. The van der Waals surface area contributed by atoms with Gasteiger partial charge in [-0.3, -0.25) is 0 Å². The number of nitrogens with one attached hydrogen (secondary N) is 2. The summed E-state index contributed by atoms with van der Waals surface area (Å²) in [5.41, 5.74) is 0. The van der Waals surface area contributed by atoms with Gasteiger partial charge in [0.2, 0.25) is 0 Å². The van der Waals surface area contributed by atoms with Gasteiger partial charge in [0.15, 0.2) is 6.10 Å². The fourth-order valence-electron chi connectivity index (χ4n) is 1.09. The number of carboxylic acid groups (broad SMARTS) is 1. The highest BCUT2D eigenvalue weighted by atomic mass is 16.4. The molecule has 2 amide bonds. The molecule has 100 valence electrons. The molecule has 0 saturated heterocycles. The normalized spacial score (nSPS) is 12.2. The van der Waals surface area contributed by atoms with E-state index in [4.69, 9.17) is 10.2 Å². The first kappa shape index (κ1) is 15.7. The highest BCUT2D eigenvalue weighted by Gasteiger charge is 2.13. The van der Waals surface area contributed by atoms with E-state index in [0.717, 1.165) is 19.4 Å². The summed E-state index contributed by atoms with van der Waals surface area (Å²) in [7, 11) is 3.96. The fourth-order valence-corrected chi connectivity index (χ4v) is 1.09. The van der Waals surface area contributed by atoms with Crippen LogP contribution in [0, 0.1) is 0 Å². The van der Waals surface area contributed by atoms with Crippen LogP contribution in [0.5, 0.6) is 0 Å². The highest BCUT2D eigenvalue weighted by Crippen LogP contribution is 1.88. The summed E-state index contributed by atoms with van der Waals surface area (Å²) in [5, 5.41) is 22.1. The van der Waals surface area contributed by atoms with Crippen molar-refractivity contribution >= 4 is 12.0 Å². The number of hydrogen-bond donors (Lipinski definition) is 4. The number of aliphatic hydroxyl groups excluding tert-OH is 1. The van der Waals surface area contributed by atoms with E-state index in [0.29, 0.717) is 6.54 Å². The maximum absolute atomic E-state index is 11.1. The molecule has 0 rings (SSSR count). The molecule has 0 aromatic rings. The summed E-state index contributed by atoms with van der Waals surface area (Å²) in [6.45, 7) is 1.20. The molecule has 0 heterocycles. The van der Waals surface area contributed by atoms with Gasteiger partial charge in [-0.1, -0.05) is 0 Å². The third-order valence-corrected chi connectivity index (χ3v) is 2.06. The van der Waals surface area contributed by atoms with E-state index < -0.39 is 18.1 Å². The van der Waals surface area contributed by atoms with E-state index >= 15 is 0 Å². The Labute approximate surface area is 101 Å². The van der Waals surface area contributed by atoms with Crippen LogP contribution in [0.1, 0.15) is 12.8 Å². The summed E-state index contributed by atoms with van der Waals surface area (Å²) in [4.78, 5) is 23.4. The first-order valence-corrected chi connectivity index (χ1v) is 5.50. The van der Waals surface area contributed by atoms with Crippen LogP contribution in [0.2, 0.25) is 0 Å². The molecule has 0 unspecified atom stereocenters. The third kappa shape index (κ3) is 9.58. The van der Waals surface area contributed by atoms with Crippen molar-refractivity contribution in [3.63, 3.8) is 0 Å². The molecular weight excluding hydrogens is 226 g/mol. The van der Waals surface area contributed by atoms with E-state index in [1.807, 2.05) is 14.1 Å². The molecule has 0 bridgehead atoms. The number of carbonyl (C=O) groups excluding carboxylic acids is 1. The predicted molar refractivity (Wildman–Crippen MR) is 62.8 cm³/mol. The second-order valence-corrected chi connectivity index (χ2v) is 4.00. The zero-order valence-electron chi connectivity index (χ0n) is 10.3. The molecule has 7 nitrogen and oxygen atoms in total. The lowest BCUT2D eigenvalue weighted by Crippen LogP contribution is -2.42. The average molecular weight is 247 g/mol. The van der Waals surface area contributed by atoms with Crippen LogP contribution in [-0.4, -0.2) is 66.9 Å². The molecule has 17 heavy (non-hydrogen) atoms. The number of hydrogen-bond acceptors (Lipinski definition) is 4. The van der Waals surface area contributed by atoms with E-state index in [9.17, 15) is 9.59 Å². The van der Waals surface area contributed by atoms with Gasteiger partial charge in [-0.25, -0.2) is 9.59 Å². The number of aliphatic carboxylic acids is 1. The van der Waals surface area contributed by atoms with Crippen LogP contribution in [0.4, 0.5) is 4.79 Å². The van der Waals surface area contributed by atoms with Gasteiger partial charge in [-0.15, -0.1) is 0 Å². The van der Waals surface area contributed by atoms with Gasteiger partial charge in [0.25, 0.3) is 0 Å². The van der Waals surface area contributed by atoms with Gasteiger partial charge in [0.05, 0.1) is 6.54 Å². The van der Waals surface area contributed by atoms with Crippen molar-refractivity contribution in [1.29, 1.82) is 0 Å². The molecule has 0 aliphatic carbocycles. The Kier molecular flexibility index (Phi) is 8.08. The summed E-state index contributed by atoms with van der Waals surface area (Å²) < 4.78 is 0. The lowest BCUT2D eigenvalue weighted by Gasteiger charge is -2.11. The molecule has 0 saturated carbocycles. The molecule has 0 spiro atoms. The molecule has 0 aliphatic heterocycles. The number of unbranched alkanes of at least 4 members (excludes halogenated alkanes) is 1. The third-order valence-electron chi connectivity index (χ3n) is 2.06. The highest BCUT2D eigenvalue weighted by molar-refractivity contribution is 5.76. The summed E-state index contributed by atoms with van der Waals surface area (Å²) in [6, 6.07) is -0.463. The van der Waals surface area contributed by atoms with Crippen LogP contribution >= 0.6 is 0 Å². The molecule has 7 heteroatoms. The van der Waals surface area contributed by atoms with Crippen molar-refractivity contribution < 1.29 is 19.8 Å². The smallest absolute Gasteiger partial charge is 0.334 e. The van der Waals surface area contributed by atoms with E-state index in [-0.39, 0.29) is 6.54 Å². The van der Waals surface area contributed by atoms with Crippen molar-refractivity contribution in [2.45, 2.75) is 18.9 Å². The average Bonchev–Trinajstić information content (AvgIpc) is 2.24. The quantitative estimate of drug-likeness (QED) is 0.415. The van der Waals surface area contributed by atoms with Gasteiger partial charge in [0.1, 0.15) is 0 Å². The standard InChI is InChI=1S/C10H21N3O4/c1-13(2)6-4-3-5-11-10(17)12-7-8(14)9(15)16/h8,14H,3-7H2,1-2H3,(H,15,16)(H2,11,12,17)/t8-/m0/s1. The minimum Gasteiger partial charge on any atom is -0.479 e. The molecule has 1 atom stereocenters. The number of aliphatic hydroxyl groups is 1. The Morgan fingerprint density at radius 1 is 1.24 bits per heavy atom. The topological polar surface area (TPSA) is 102 Å². The van der Waals surface area contributed by atoms with Crippen molar-refractivity contribution in [2.75, 3.05) is 33.7 Å². The molecule has 0 aromatic heterocycles. The first-order chi connectivity index (χ1) is 7.93. The van der Waals surface area contributed by atoms with Crippen LogP contribution in [0.15, 0.2) is 0 Å². The molecule has 0 aliphatic rings. The van der Waals surface area contributed by atoms with Crippen molar-refractivity contribution in [2.24, 2.45) is 0 Å². The molecule has 0 fully saturated rings. The number of amides is 2. The predicted octanol–water partition coefficient (Wildman–Crippen LogP) is -0.927. The Morgan fingerprint density at radius 3 is 2.41 bits per heavy atom. The minimum atomic E-state index is -1.56. The van der Waals surface area contributed by atoms with Gasteiger partial charge in [-0.2, -0.15) is 0 Å². The Hall–Kier alpha value is -1.34. The van der Waals surface area contributed by atoms with E-state index in [1.54, 1.807) is 0 Å². The number of nitrogens with zero attached hydrogens (tertiary/aromatic N) is 1. The van der Waals surface area contributed by atoms with Crippen molar-refractivity contribution in [3.05, 3.63) is 0 Å².